The second kappa shape index (κ2) is 12.9. The summed E-state index contributed by atoms with van der Waals surface area (Å²) in [4.78, 5) is 51.9. The zero-order chi connectivity index (χ0) is 26.1. The quantitative estimate of drug-likeness (QED) is 0.377. The molecule has 1 aromatic rings. The van der Waals surface area contributed by atoms with E-state index in [1.807, 2.05) is 19.1 Å². The number of hydrogen-bond donors (Lipinski definition) is 4. The van der Waals surface area contributed by atoms with E-state index in [2.05, 4.69) is 10.6 Å². The Kier molecular flexibility index (Phi) is 11.0. The van der Waals surface area contributed by atoms with Crippen LogP contribution in [0.2, 0.25) is 0 Å². The molecule has 2 atom stereocenters. The fourth-order valence-corrected chi connectivity index (χ4v) is 3.30. The van der Waals surface area contributed by atoms with E-state index in [1.165, 1.54) is 0 Å². The predicted octanol–water partition coefficient (Wildman–Crippen LogP) is 1.40. The van der Waals surface area contributed by atoms with Crippen LogP contribution in [-0.2, 0) is 25.5 Å². The third-order valence-electron chi connectivity index (χ3n) is 4.71. The summed E-state index contributed by atoms with van der Waals surface area (Å²) in [5.74, 6) is -2.04. The van der Waals surface area contributed by atoms with E-state index < -0.39 is 54.5 Å². The van der Waals surface area contributed by atoms with Gasteiger partial charge in [-0.3, -0.25) is 14.4 Å². The number of nitrogens with two attached hydrogens (primary N) is 1. The van der Waals surface area contributed by atoms with E-state index in [0.717, 1.165) is 16.9 Å². The molecule has 0 aliphatic heterocycles. The van der Waals surface area contributed by atoms with Crippen LogP contribution in [0.15, 0.2) is 24.3 Å². The Hall–Kier alpha value is -3.14. The van der Waals surface area contributed by atoms with Crippen molar-refractivity contribution < 1.29 is 29.0 Å². The highest BCUT2D eigenvalue weighted by atomic mass is 16.6. The molecule has 0 aliphatic rings. The molecule has 0 saturated heterocycles. The third kappa shape index (κ3) is 9.38. The molecule has 0 heterocycles. The maximum absolute atomic E-state index is 13.6. The average molecular weight is 479 g/mol. The van der Waals surface area contributed by atoms with Gasteiger partial charge in [0.15, 0.2) is 0 Å². The smallest absolute Gasteiger partial charge is 0.408 e. The molecule has 5 N–H and O–H groups in total. The number of nitrogens with zero attached hydrogens (tertiary/aromatic N) is 1. The summed E-state index contributed by atoms with van der Waals surface area (Å²) in [6, 6.07) is 4.49. The Morgan fingerprint density at radius 1 is 1.09 bits per heavy atom. The molecule has 190 valence electrons. The number of alkyl carbamates (subject to hydrolysis) is 1. The maximum atomic E-state index is 13.6. The number of aliphatic hydroxyl groups excluding tert-OH is 1. The van der Waals surface area contributed by atoms with Gasteiger partial charge in [0.05, 0.1) is 13.0 Å². The van der Waals surface area contributed by atoms with Crippen molar-refractivity contribution in [2.24, 2.45) is 5.73 Å². The molecular weight excluding hydrogens is 440 g/mol. The summed E-state index contributed by atoms with van der Waals surface area (Å²) in [5, 5.41) is 14.9. The van der Waals surface area contributed by atoms with Gasteiger partial charge in [0.25, 0.3) is 0 Å². The lowest BCUT2D eigenvalue weighted by molar-refractivity contribution is -0.144. The number of rotatable bonds is 11. The van der Waals surface area contributed by atoms with Crippen molar-refractivity contribution in [3.8, 4) is 0 Å². The number of aliphatic hydroxyl groups is 1. The number of aryl methyl sites for hydroxylation is 1. The molecular formula is C24H38N4O6. The van der Waals surface area contributed by atoms with E-state index in [9.17, 15) is 24.3 Å². The molecule has 0 spiro atoms. The third-order valence-corrected chi connectivity index (χ3v) is 4.71. The summed E-state index contributed by atoms with van der Waals surface area (Å²) in [5.41, 5.74) is 6.05. The summed E-state index contributed by atoms with van der Waals surface area (Å²) in [6.07, 6.45) is -0.623. The second-order valence-corrected chi connectivity index (χ2v) is 9.29. The van der Waals surface area contributed by atoms with Crippen molar-refractivity contribution in [3.63, 3.8) is 0 Å². The summed E-state index contributed by atoms with van der Waals surface area (Å²) in [6.45, 7) is 9.87. The van der Waals surface area contributed by atoms with Gasteiger partial charge < -0.3 is 31.1 Å². The van der Waals surface area contributed by atoms with Crippen molar-refractivity contribution in [1.29, 1.82) is 0 Å². The number of amides is 4. The van der Waals surface area contributed by atoms with Gasteiger partial charge in [-0.1, -0.05) is 31.2 Å². The lowest BCUT2D eigenvalue weighted by Crippen LogP contribution is -2.55. The largest absolute Gasteiger partial charge is 0.444 e. The van der Waals surface area contributed by atoms with Crippen LogP contribution in [0.4, 0.5) is 4.79 Å². The molecule has 2 unspecified atom stereocenters. The summed E-state index contributed by atoms with van der Waals surface area (Å²) in [7, 11) is 0. The van der Waals surface area contributed by atoms with Crippen LogP contribution >= 0.6 is 0 Å². The average Bonchev–Trinajstić information content (AvgIpc) is 2.70. The van der Waals surface area contributed by atoms with Crippen molar-refractivity contribution in [2.75, 3.05) is 13.2 Å². The maximum Gasteiger partial charge on any atom is 0.408 e. The lowest BCUT2D eigenvalue weighted by atomic mass is 10.00. The normalized spacial score (nSPS) is 13.1. The van der Waals surface area contributed by atoms with Gasteiger partial charge in [-0.05, 0) is 52.2 Å². The van der Waals surface area contributed by atoms with Gasteiger partial charge in [-0.2, -0.15) is 0 Å². The van der Waals surface area contributed by atoms with Gasteiger partial charge in [-0.25, -0.2) is 4.79 Å². The minimum Gasteiger partial charge on any atom is -0.444 e. The second-order valence-electron chi connectivity index (χ2n) is 9.29. The van der Waals surface area contributed by atoms with E-state index >= 15 is 0 Å². The topological polar surface area (TPSA) is 151 Å². The van der Waals surface area contributed by atoms with Crippen molar-refractivity contribution in [2.45, 2.75) is 78.1 Å². The molecule has 0 radical (unpaired) electrons. The Labute approximate surface area is 201 Å². The van der Waals surface area contributed by atoms with Crippen LogP contribution in [-0.4, -0.2) is 64.7 Å². The first-order valence-corrected chi connectivity index (χ1v) is 11.4. The Morgan fingerprint density at radius 3 is 2.12 bits per heavy atom. The zero-order valence-corrected chi connectivity index (χ0v) is 20.9. The number of ether oxygens (including phenoxy) is 1. The van der Waals surface area contributed by atoms with Gasteiger partial charge in [0.1, 0.15) is 17.7 Å². The van der Waals surface area contributed by atoms with E-state index in [4.69, 9.17) is 10.5 Å². The first kappa shape index (κ1) is 28.9. The minimum atomic E-state index is -1.39. The Morgan fingerprint density at radius 2 is 1.68 bits per heavy atom. The van der Waals surface area contributed by atoms with Crippen LogP contribution in [0, 0.1) is 0 Å². The van der Waals surface area contributed by atoms with E-state index in [1.54, 1.807) is 46.8 Å². The number of carbonyl (C=O) groups excluding carboxylic acids is 4. The number of carbonyl (C=O) groups is 4. The molecule has 0 aromatic heterocycles. The Balaban J connectivity index is 3.42. The first-order valence-electron chi connectivity index (χ1n) is 11.4. The van der Waals surface area contributed by atoms with Gasteiger partial charge in [0.2, 0.25) is 17.7 Å². The fourth-order valence-electron chi connectivity index (χ4n) is 3.30. The van der Waals surface area contributed by atoms with Gasteiger partial charge in [0, 0.05) is 12.6 Å². The molecule has 0 bridgehead atoms. The SMILES string of the molecule is CCc1ccc(C(C(=O)NC(C)C)N(CCO)C(=O)C(CC(N)=O)NC(=O)OC(C)(C)C)cc1. The first-order chi connectivity index (χ1) is 15.8. The molecule has 10 nitrogen and oxygen atoms in total. The molecule has 34 heavy (non-hydrogen) atoms. The van der Waals surface area contributed by atoms with Crippen molar-refractivity contribution in [3.05, 3.63) is 35.4 Å². The standard InChI is InChI=1S/C24H38N4O6/c1-7-16-8-10-17(11-9-16)20(21(31)26-15(2)3)28(12-13-29)22(32)18(14-19(25)30)27-23(33)34-24(4,5)6/h8-11,15,18,20,29H,7,12-14H2,1-6H3,(H2,25,30)(H,26,31)(H,27,33). The molecule has 0 saturated carbocycles. The minimum absolute atomic E-state index is 0.211. The molecule has 10 heteroatoms. The monoisotopic (exact) mass is 478 g/mol. The van der Waals surface area contributed by atoms with E-state index in [-0.39, 0.29) is 12.6 Å². The fraction of sp³-hybridized carbons (Fsp3) is 0.583. The van der Waals surface area contributed by atoms with Crippen LogP contribution in [0.1, 0.15) is 65.1 Å². The highest BCUT2D eigenvalue weighted by molar-refractivity contribution is 5.94. The molecule has 1 rings (SSSR count). The molecule has 4 amide bonds. The van der Waals surface area contributed by atoms with Crippen LogP contribution in [0.3, 0.4) is 0 Å². The molecule has 0 fully saturated rings. The van der Waals surface area contributed by atoms with Crippen molar-refractivity contribution >= 4 is 23.8 Å². The van der Waals surface area contributed by atoms with Crippen LogP contribution in [0.5, 0.6) is 0 Å². The number of primary amides is 1. The van der Waals surface area contributed by atoms with Gasteiger partial charge >= 0.3 is 6.09 Å². The summed E-state index contributed by atoms with van der Waals surface area (Å²) < 4.78 is 5.21. The zero-order valence-electron chi connectivity index (χ0n) is 20.9. The number of hydrogen-bond acceptors (Lipinski definition) is 6. The van der Waals surface area contributed by atoms with Crippen LogP contribution in [0.25, 0.3) is 0 Å². The predicted molar refractivity (Wildman–Crippen MR) is 128 cm³/mol. The highest BCUT2D eigenvalue weighted by Crippen LogP contribution is 2.24. The highest BCUT2D eigenvalue weighted by Gasteiger charge is 2.36. The summed E-state index contributed by atoms with van der Waals surface area (Å²) >= 11 is 0. The van der Waals surface area contributed by atoms with Crippen LogP contribution < -0.4 is 16.4 Å². The number of benzene rings is 1. The Bertz CT molecular complexity index is 848. The lowest BCUT2D eigenvalue weighted by Gasteiger charge is -2.34. The molecule has 1 aromatic carbocycles. The molecule has 0 aliphatic carbocycles. The number of nitrogens with one attached hydrogen (secondary N) is 2. The van der Waals surface area contributed by atoms with Crippen molar-refractivity contribution in [1.82, 2.24) is 15.5 Å². The van der Waals surface area contributed by atoms with Gasteiger partial charge in [-0.15, -0.1) is 0 Å². The van der Waals surface area contributed by atoms with E-state index in [0.29, 0.717) is 5.56 Å².